The Bertz CT molecular complexity index is 716. The summed E-state index contributed by atoms with van der Waals surface area (Å²) in [6.07, 6.45) is 8.43. The van der Waals surface area contributed by atoms with Crippen LogP contribution in [0.4, 0.5) is 0 Å². The fraction of sp³-hybridized carbons (Fsp3) is 0.500. The molecule has 0 fully saturated rings. The quantitative estimate of drug-likeness (QED) is 0.248. The maximum atomic E-state index is 5.37. The van der Waals surface area contributed by atoms with Crippen LogP contribution in [0.5, 0.6) is 0 Å². The lowest BCUT2D eigenvalue weighted by Crippen LogP contribution is -2.39. The van der Waals surface area contributed by atoms with Gasteiger partial charge in [-0.3, -0.25) is 0 Å². The van der Waals surface area contributed by atoms with E-state index in [0.29, 0.717) is 6.54 Å². The number of thiazole rings is 1. The first-order valence-corrected chi connectivity index (χ1v) is 10.2. The summed E-state index contributed by atoms with van der Waals surface area (Å²) in [6, 6.07) is 3.90. The second-order valence-electron chi connectivity index (χ2n) is 6.74. The van der Waals surface area contributed by atoms with Crippen molar-refractivity contribution in [3.8, 4) is 0 Å². The maximum absolute atomic E-state index is 5.37. The lowest BCUT2D eigenvalue weighted by Gasteiger charge is -2.12. The molecule has 2 aromatic heterocycles. The molecule has 1 aliphatic carbocycles. The zero-order chi connectivity index (χ0) is 18.2. The van der Waals surface area contributed by atoms with Crippen LogP contribution < -0.4 is 10.6 Å². The van der Waals surface area contributed by atoms with E-state index in [1.165, 1.54) is 34.8 Å². The molecule has 148 valence electrons. The van der Waals surface area contributed by atoms with Crippen LogP contribution in [0.25, 0.3) is 0 Å². The molecule has 0 unspecified atom stereocenters. The number of hydrogen-bond donors (Lipinski definition) is 2. The molecule has 0 spiro atoms. The Kier molecular flexibility index (Phi) is 9.33. The fourth-order valence-corrected chi connectivity index (χ4v) is 4.10. The standard InChI is InChI=1S/C20H28N4OS.HI/c1-15(2)14-23-20(21-11-9-16-6-5-13-25-16)22-12-10-19-24-17-7-3-4-8-18(17)26-19;/h5-6,13H,1,3-4,7-12,14H2,2H3,(H2,21,22,23);1H. The fourth-order valence-electron chi connectivity index (χ4n) is 2.95. The molecule has 3 rings (SSSR count). The van der Waals surface area contributed by atoms with Crippen LogP contribution in [0.3, 0.4) is 0 Å². The van der Waals surface area contributed by atoms with Crippen LogP contribution in [0.2, 0.25) is 0 Å². The number of guanidine groups is 1. The largest absolute Gasteiger partial charge is 0.469 e. The van der Waals surface area contributed by atoms with Gasteiger partial charge in [0.1, 0.15) is 5.76 Å². The van der Waals surface area contributed by atoms with Crippen molar-refractivity contribution in [2.75, 3.05) is 19.6 Å². The third-order valence-electron chi connectivity index (χ3n) is 4.27. The molecule has 2 N–H and O–H groups in total. The van der Waals surface area contributed by atoms with E-state index in [9.17, 15) is 0 Å². The minimum atomic E-state index is 0. The number of rotatable bonds is 8. The van der Waals surface area contributed by atoms with Gasteiger partial charge in [0.05, 0.1) is 23.5 Å². The Hall–Kier alpha value is -1.35. The smallest absolute Gasteiger partial charge is 0.191 e. The maximum Gasteiger partial charge on any atom is 0.191 e. The lowest BCUT2D eigenvalue weighted by molar-refractivity contribution is 0.507. The number of furan rings is 1. The van der Waals surface area contributed by atoms with Gasteiger partial charge in [-0.05, 0) is 44.7 Å². The summed E-state index contributed by atoms with van der Waals surface area (Å²) < 4.78 is 5.37. The highest BCUT2D eigenvalue weighted by Crippen LogP contribution is 2.26. The number of aliphatic imine (C=N–C) groups is 1. The zero-order valence-electron chi connectivity index (χ0n) is 15.9. The highest BCUT2D eigenvalue weighted by molar-refractivity contribution is 14.0. The molecule has 1 aliphatic rings. The van der Waals surface area contributed by atoms with Gasteiger partial charge in [-0.15, -0.1) is 35.3 Å². The van der Waals surface area contributed by atoms with E-state index >= 15 is 0 Å². The van der Waals surface area contributed by atoms with Gasteiger partial charge in [0.2, 0.25) is 0 Å². The Balaban J connectivity index is 0.00000261. The topological polar surface area (TPSA) is 62.5 Å². The van der Waals surface area contributed by atoms with Crippen molar-refractivity contribution in [1.82, 2.24) is 15.6 Å². The summed E-state index contributed by atoms with van der Waals surface area (Å²) in [4.78, 5) is 10.9. The van der Waals surface area contributed by atoms with Gasteiger partial charge in [-0.25, -0.2) is 9.98 Å². The van der Waals surface area contributed by atoms with E-state index in [-0.39, 0.29) is 24.0 Å². The molecule has 0 saturated carbocycles. The van der Waals surface area contributed by atoms with E-state index in [1.807, 2.05) is 30.4 Å². The molecule has 0 bridgehead atoms. The molecule has 0 saturated heterocycles. The predicted octanol–water partition coefficient (Wildman–Crippen LogP) is 4.13. The van der Waals surface area contributed by atoms with Gasteiger partial charge in [0.15, 0.2) is 5.96 Å². The van der Waals surface area contributed by atoms with Crippen molar-refractivity contribution in [2.24, 2.45) is 4.99 Å². The molecule has 5 nitrogen and oxygen atoms in total. The van der Waals surface area contributed by atoms with Gasteiger partial charge >= 0.3 is 0 Å². The second kappa shape index (κ2) is 11.5. The average Bonchev–Trinajstić information content (AvgIpc) is 3.28. The Labute approximate surface area is 182 Å². The van der Waals surface area contributed by atoms with Crippen molar-refractivity contribution in [1.29, 1.82) is 0 Å². The summed E-state index contributed by atoms with van der Waals surface area (Å²) >= 11 is 1.88. The van der Waals surface area contributed by atoms with E-state index in [4.69, 9.17) is 9.40 Å². The number of nitrogens with zero attached hydrogens (tertiary/aromatic N) is 2. The average molecular weight is 500 g/mol. The van der Waals surface area contributed by atoms with Gasteiger partial charge in [-0.1, -0.05) is 12.2 Å². The van der Waals surface area contributed by atoms with Crippen molar-refractivity contribution < 1.29 is 4.42 Å². The number of fused-ring (bicyclic) bond motifs is 1. The molecule has 2 heterocycles. The number of aromatic nitrogens is 1. The number of hydrogen-bond acceptors (Lipinski definition) is 4. The predicted molar refractivity (Wildman–Crippen MR) is 123 cm³/mol. The van der Waals surface area contributed by atoms with Gasteiger partial charge in [0, 0.05) is 30.8 Å². The molecule has 2 aromatic rings. The molecule has 0 radical (unpaired) electrons. The molecule has 0 aliphatic heterocycles. The highest BCUT2D eigenvalue weighted by Gasteiger charge is 2.14. The zero-order valence-corrected chi connectivity index (χ0v) is 19.1. The van der Waals surface area contributed by atoms with Gasteiger partial charge in [0.25, 0.3) is 0 Å². The molecule has 0 aromatic carbocycles. The van der Waals surface area contributed by atoms with Crippen LogP contribution in [-0.4, -0.2) is 30.6 Å². The third kappa shape index (κ3) is 7.29. The van der Waals surface area contributed by atoms with Crippen molar-refractivity contribution in [2.45, 2.75) is 45.4 Å². The van der Waals surface area contributed by atoms with Crippen LogP contribution in [0.15, 0.2) is 40.0 Å². The molecule has 0 amide bonds. The SMILES string of the molecule is C=C(C)CN=C(NCCc1ccco1)NCCc1nc2c(s1)CCCC2.I. The van der Waals surface area contributed by atoms with Crippen LogP contribution >= 0.6 is 35.3 Å². The first kappa shape index (κ1) is 21.9. The Morgan fingerprint density at radius 1 is 1.26 bits per heavy atom. The first-order chi connectivity index (χ1) is 12.7. The van der Waals surface area contributed by atoms with E-state index in [0.717, 1.165) is 49.6 Å². The van der Waals surface area contributed by atoms with Crippen molar-refractivity contribution in [3.63, 3.8) is 0 Å². The first-order valence-electron chi connectivity index (χ1n) is 9.37. The lowest BCUT2D eigenvalue weighted by atomic mass is 10.0. The van der Waals surface area contributed by atoms with Crippen LogP contribution in [0, 0.1) is 0 Å². The van der Waals surface area contributed by atoms with E-state index in [2.05, 4.69) is 22.2 Å². The number of aryl methyl sites for hydroxylation is 2. The second-order valence-corrected chi connectivity index (χ2v) is 7.91. The van der Waals surface area contributed by atoms with Gasteiger partial charge < -0.3 is 15.1 Å². The number of halogens is 1. The summed E-state index contributed by atoms with van der Waals surface area (Å²) in [7, 11) is 0. The summed E-state index contributed by atoms with van der Waals surface area (Å²) in [5.41, 5.74) is 2.38. The molecular formula is C20H29IN4OS. The molecular weight excluding hydrogens is 471 g/mol. The van der Waals surface area contributed by atoms with E-state index in [1.54, 1.807) is 6.26 Å². The molecule has 27 heavy (non-hydrogen) atoms. The monoisotopic (exact) mass is 500 g/mol. The highest BCUT2D eigenvalue weighted by atomic mass is 127. The van der Waals surface area contributed by atoms with Crippen molar-refractivity contribution in [3.05, 3.63) is 51.9 Å². The summed E-state index contributed by atoms with van der Waals surface area (Å²) in [5, 5.41) is 8.02. The normalized spacial score (nSPS) is 13.6. The molecule has 0 atom stereocenters. The Morgan fingerprint density at radius 2 is 2.04 bits per heavy atom. The summed E-state index contributed by atoms with van der Waals surface area (Å²) in [6.45, 7) is 8.15. The summed E-state index contributed by atoms with van der Waals surface area (Å²) in [5.74, 6) is 1.80. The van der Waals surface area contributed by atoms with Crippen LogP contribution in [-0.2, 0) is 25.7 Å². The van der Waals surface area contributed by atoms with E-state index < -0.39 is 0 Å². The van der Waals surface area contributed by atoms with Crippen LogP contribution in [0.1, 0.15) is 41.1 Å². The molecule has 7 heteroatoms. The number of nitrogens with one attached hydrogen (secondary N) is 2. The minimum Gasteiger partial charge on any atom is -0.469 e. The third-order valence-corrected chi connectivity index (χ3v) is 5.49. The minimum absolute atomic E-state index is 0. The van der Waals surface area contributed by atoms with Crippen molar-refractivity contribution >= 4 is 41.3 Å². The Morgan fingerprint density at radius 3 is 2.74 bits per heavy atom. The van der Waals surface area contributed by atoms with Gasteiger partial charge in [-0.2, -0.15) is 0 Å².